The molecule has 0 spiro atoms. The van der Waals surface area contributed by atoms with Crippen LogP contribution in [0, 0.1) is 0 Å². The van der Waals surface area contributed by atoms with Crippen LogP contribution in [0.4, 0.5) is 11.4 Å². The zero-order valence-corrected chi connectivity index (χ0v) is 16.9. The number of nitrogens with zero attached hydrogens (tertiary/aromatic N) is 1. The minimum absolute atomic E-state index is 0.0579. The Morgan fingerprint density at radius 2 is 1.83 bits per heavy atom. The van der Waals surface area contributed by atoms with Crippen LogP contribution in [-0.2, 0) is 14.8 Å². The summed E-state index contributed by atoms with van der Waals surface area (Å²) >= 11 is 0. The van der Waals surface area contributed by atoms with Gasteiger partial charge in [-0.1, -0.05) is 30.3 Å². The van der Waals surface area contributed by atoms with Crippen molar-refractivity contribution in [2.45, 2.75) is 24.7 Å². The molecule has 4 rings (SSSR count). The van der Waals surface area contributed by atoms with Crippen molar-refractivity contribution in [1.82, 2.24) is 0 Å². The highest BCUT2D eigenvalue weighted by atomic mass is 32.2. The average Bonchev–Trinajstić information content (AvgIpc) is 3.14. The van der Waals surface area contributed by atoms with Crippen LogP contribution in [-0.4, -0.2) is 27.5 Å². The van der Waals surface area contributed by atoms with Crippen LogP contribution in [0.5, 0.6) is 5.75 Å². The molecule has 6 nitrogen and oxygen atoms in total. The number of hydrogen-bond donors (Lipinski definition) is 1. The predicted molar refractivity (Wildman–Crippen MR) is 114 cm³/mol. The lowest BCUT2D eigenvalue weighted by molar-refractivity contribution is -0.117. The van der Waals surface area contributed by atoms with Gasteiger partial charge < -0.3 is 9.64 Å². The van der Waals surface area contributed by atoms with Crippen LogP contribution in [0.15, 0.2) is 65.6 Å². The number of carbonyl (C=O) groups excluding carboxylic acids is 1. The summed E-state index contributed by atoms with van der Waals surface area (Å²) in [5.74, 6) is 0.708. The lowest BCUT2D eigenvalue weighted by atomic mass is 10.1. The fraction of sp³-hybridized carbons (Fsp3) is 0.227. The normalized spacial score (nSPS) is 14.4. The molecule has 1 aliphatic heterocycles. The Hall–Kier alpha value is -3.06. The highest BCUT2D eigenvalue weighted by Gasteiger charge is 2.23. The molecule has 3 aromatic rings. The van der Waals surface area contributed by atoms with Gasteiger partial charge in [0.15, 0.2) is 0 Å². The van der Waals surface area contributed by atoms with Crippen molar-refractivity contribution in [1.29, 1.82) is 0 Å². The fourth-order valence-corrected chi connectivity index (χ4v) is 4.89. The van der Waals surface area contributed by atoms with Crippen molar-refractivity contribution >= 4 is 38.1 Å². The third-order valence-electron chi connectivity index (χ3n) is 4.92. The van der Waals surface area contributed by atoms with E-state index in [0.717, 1.165) is 11.8 Å². The zero-order chi connectivity index (χ0) is 20.4. The molecule has 0 aromatic heterocycles. The van der Waals surface area contributed by atoms with Crippen LogP contribution >= 0.6 is 0 Å². The average molecular weight is 410 g/mol. The Labute approximate surface area is 170 Å². The summed E-state index contributed by atoms with van der Waals surface area (Å²) in [6, 6.07) is 17.4. The maximum Gasteiger partial charge on any atom is 0.262 e. The van der Waals surface area contributed by atoms with Gasteiger partial charge in [0.05, 0.1) is 17.2 Å². The molecule has 1 saturated heterocycles. The number of ether oxygens (including phenoxy) is 1. The summed E-state index contributed by atoms with van der Waals surface area (Å²) in [4.78, 5) is 13.9. The van der Waals surface area contributed by atoms with Crippen molar-refractivity contribution in [3.8, 4) is 5.75 Å². The van der Waals surface area contributed by atoms with E-state index < -0.39 is 10.0 Å². The monoisotopic (exact) mass is 410 g/mol. The molecule has 1 fully saturated rings. The van der Waals surface area contributed by atoms with Crippen LogP contribution in [0.3, 0.4) is 0 Å². The molecule has 0 bridgehead atoms. The topological polar surface area (TPSA) is 75.7 Å². The summed E-state index contributed by atoms with van der Waals surface area (Å²) in [5.41, 5.74) is 1.12. The smallest absolute Gasteiger partial charge is 0.262 e. The molecule has 0 radical (unpaired) electrons. The molecular formula is C22H22N2O4S. The van der Waals surface area contributed by atoms with Gasteiger partial charge in [0.2, 0.25) is 5.91 Å². The van der Waals surface area contributed by atoms with E-state index in [1.165, 1.54) is 0 Å². The lowest BCUT2D eigenvalue weighted by Gasteiger charge is -2.17. The largest absolute Gasteiger partial charge is 0.493 e. The van der Waals surface area contributed by atoms with Gasteiger partial charge in [-0.25, -0.2) is 8.42 Å². The Bertz CT molecular complexity index is 1170. The van der Waals surface area contributed by atoms with E-state index in [0.29, 0.717) is 42.1 Å². The maximum atomic E-state index is 13.1. The number of amides is 1. The number of hydrogen-bond acceptors (Lipinski definition) is 4. The van der Waals surface area contributed by atoms with Crippen LogP contribution in [0.2, 0.25) is 0 Å². The van der Waals surface area contributed by atoms with Gasteiger partial charge in [0.25, 0.3) is 10.0 Å². The second-order valence-corrected chi connectivity index (χ2v) is 8.50. The minimum Gasteiger partial charge on any atom is -0.493 e. The molecule has 3 aromatic carbocycles. The third-order valence-corrected chi connectivity index (χ3v) is 6.36. The quantitative estimate of drug-likeness (QED) is 0.662. The predicted octanol–water partition coefficient (Wildman–Crippen LogP) is 4.17. The first-order chi connectivity index (χ1) is 14.0. The number of fused-ring (bicyclic) bond motifs is 1. The highest BCUT2D eigenvalue weighted by Crippen LogP contribution is 2.32. The Morgan fingerprint density at radius 1 is 1.03 bits per heavy atom. The summed E-state index contributed by atoms with van der Waals surface area (Å²) in [6.45, 7) is 3.04. The van der Waals surface area contributed by atoms with Gasteiger partial charge in [-0.3, -0.25) is 9.52 Å². The molecule has 0 atom stereocenters. The molecule has 1 aliphatic rings. The summed E-state index contributed by atoms with van der Waals surface area (Å²) < 4.78 is 34.6. The molecule has 1 amide bonds. The Balaban J connectivity index is 1.70. The highest BCUT2D eigenvalue weighted by molar-refractivity contribution is 7.93. The minimum atomic E-state index is -3.83. The van der Waals surface area contributed by atoms with E-state index in [1.807, 2.05) is 25.1 Å². The molecule has 0 saturated carbocycles. The first kappa shape index (κ1) is 19.3. The van der Waals surface area contributed by atoms with E-state index in [2.05, 4.69) is 4.72 Å². The van der Waals surface area contributed by atoms with Gasteiger partial charge in [0, 0.05) is 29.4 Å². The molecule has 150 valence electrons. The van der Waals surface area contributed by atoms with Gasteiger partial charge in [-0.15, -0.1) is 0 Å². The van der Waals surface area contributed by atoms with E-state index in [9.17, 15) is 13.2 Å². The molecular weight excluding hydrogens is 388 g/mol. The maximum absolute atomic E-state index is 13.1. The van der Waals surface area contributed by atoms with Gasteiger partial charge in [-0.2, -0.15) is 0 Å². The number of rotatable bonds is 6. The Morgan fingerprint density at radius 3 is 2.55 bits per heavy atom. The van der Waals surface area contributed by atoms with Crippen LogP contribution < -0.4 is 14.4 Å². The van der Waals surface area contributed by atoms with E-state index in [4.69, 9.17) is 4.74 Å². The second kappa shape index (κ2) is 7.75. The van der Waals surface area contributed by atoms with Gasteiger partial charge >= 0.3 is 0 Å². The first-order valence-electron chi connectivity index (χ1n) is 9.57. The van der Waals surface area contributed by atoms with E-state index in [-0.39, 0.29) is 10.8 Å². The van der Waals surface area contributed by atoms with Crippen molar-refractivity contribution in [2.75, 3.05) is 22.8 Å². The Kier molecular flexibility index (Phi) is 5.15. The standard InChI is InChI=1S/C22H22N2O4S/c1-2-28-20-12-13-21(19-10-4-3-9-18(19)20)29(26,27)23-16-7-5-8-17(15-16)24-14-6-11-22(24)25/h3-5,7-10,12-13,15,23H,2,6,11,14H2,1H3. The molecule has 0 unspecified atom stereocenters. The zero-order valence-electron chi connectivity index (χ0n) is 16.1. The van der Waals surface area contributed by atoms with E-state index in [1.54, 1.807) is 47.4 Å². The van der Waals surface area contributed by atoms with Crippen molar-refractivity contribution in [2.24, 2.45) is 0 Å². The number of nitrogens with one attached hydrogen (secondary N) is 1. The molecule has 1 heterocycles. The van der Waals surface area contributed by atoms with Crippen LogP contribution in [0.25, 0.3) is 10.8 Å². The fourth-order valence-electron chi connectivity index (χ4n) is 3.63. The second-order valence-electron chi connectivity index (χ2n) is 6.85. The van der Waals surface area contributed by atoms with Crippen molar-refractivity contribution in [3.05, 3.63) is 60.7 Å². The summed E-state index contributed by atoms with van der Waals surface area (Å²) in [6.07, 6.45) is 1.33. The summed E-state index contributed by atoms with van der Waals surface area (Å²) in [7, 11) is -3.83. The van der Waals surface area contributed by atoms with Crippen molar-refractivity contribution in [3.63, 3.8) is 0 Å². The van der Waals surface area contributed by atoms with Gasteiger partial charge in [0.1, 0.15) is 5.75 Å². The molecule has 29 heavy (non-hydrogen) atoms. The van der Waals surface area contributed by atoms with Crippen molar-refractivity contribution < 1.29 is 17.9 Å². The van der Waals surface area contributed by atoms with E-state index >= 15 is 0 Å². The first-order valence-corrected chi connectivity index (χ1v) is 11.1. The molecule has 7 heteroatoms. The molecule has 1 N–H and O–H groups in total. The number of sulfonamides is 1. The number of anilines is 2. The summed E-state index contributed by atoms with van der Waals surface area (Å²) in [5, 5.41) is 1.34. The SMILES string of the molecule is CCOc1ccc(S(=O)(=O)Nc2cccc(N3CCCC3=O)c2)c2ccccc12. The lowest BCUT2D eigenvalue weighted by Crippen LogP contribution is -2.23. The molecule has 0 aliphatic carbocycles. The van der Waals surface area contributed by atoms with Crippen LogP contribution in [0.1, 0.15) is 19.8 Å². The third kappa shape index (κ3) is 3.78. The van der Waals surface area contributed by atoms with Gasteiger partial charge in [-0.05, 0) is 43.7 Å². The number of carbonyl (C=O) groups is 1. The number of benzene rings is 3.